The van der Waals surface area contributed by atoms with Gasteiger partial charge < -0.3 is 15.2 Å². The number of hydrogen-bond donors (Lipinski definition) is 2. The summed E-state index contributed by atoms with van der Waals surface area (Å²) in [5.74, 6) is 0.677. The lowest BCUT2D eigenvalue weighted by Crippen LogP contribution is -2.33. The van der Waals surface area contributed by atoms with Gasteiger partial charge in [0, 0.05) is 19.2 Å². The molecule has 21 heavy (non-hydrogen) atoms. The Kier molecular flexibility index (Phi) is 6.43. The molecule has 0 saturated heterocycles. The van der Waals surface area contributed by atoms with E-state index in [0.717, 1.165) is 16.9 Å². The van der Waals surface area contributed by atoms with E-state index in [1.54, 1.807) is 13.2 Å². The number of rotatable bonds is 7. The average Bonchev–Trinajstić information content (AvgIpc) is 2.45. The van der Waals surface area contributed by atoms with E-state index in [1.165, 1.54) is 0 Å². The van der Waals surface area contributed by atoms with Crippen molar-refractivity contribution in [3.05, 3.63) is 35.9 Å². The SMILES string of the molecule is COc1ccc(/C(C)=C/C(=O)NCC(C)(C)CCO)cc1. The van der Waals surface area contributed by atoms with Crippen molar-refractivity contribution < 1.29 is 14.6 Å². The molecule has 1 rings (SSSR count). The van der Waals surface area contributed by atoms with Crippen LogP contribution in [0.3, 0.4) is 0 Å². The summed E-state index contributed by atoms with van der Waals surface area (Å²) in [5.41, 5.74) is 1.78. The monoisotopic (exact) mass is 291 g/mol. The van der Waals surface area contributed by atoms with E-state index in [9.17, 15) is 4.79 Å². The Balaban J connectivity index is 2.62. The molecule has 0 atom stereocenters. The van der Waals surface area contributed by atoms with E-state index in [1.807, 2.05) is 45.0 Å². The van der Waals surface area contributed by atoms with E-state index in [-0.39, 0.29) is 17.9 Å². The fourth-order valence-electron chi connectivity index (χ4n) is 1.90. The highest BCUT2D eigenvalue weighted by atomic mass is 16.5. The van der Waals surface area contributed by atoms with E-state index < -0.39 is 0 Å². The molecule has 0 aliphatic carbocycles. The number of hydrogen-bond acceptors (Lipinski definition) is 3. The topological polar surface area (TPSA) is 58.6 Å². The molecule has 0 aliphatic rings. The third-order valence-corrected chi connectivity index (χ3v) is 3.42. The van der Waals surface area contributed by atoms with E-state index in [0.29, 0.717) is 13.0 Å². The van der Waals surface area contributed by atoms with Crippen LogP contribution >= 0.6 is 0 Å². The Bertz CT molecular complexity index is 489. The zero-order valence-corrected chi connectivity index (χ0v) is 13.3. The summed E-state index contributed by atoms with van der Waals surface area (Å²) < 4.78 is 5.11. The van der Waals surface area contributed by atoms with Crippen molar-refractivity contribution in [1.29, 1.82) is 0 Å². The molecule has 0 bridgehead atoms. The summed E-state index contributed by atoms with van der Waals surface area (Å²) in [6.45, 7) is 6.61. The van der Waals surface area contributed by atoms with Crippen LogP contribution in [-0.2, 0) is 4.79 Å². The number of nitrogens with one attached hydrogen (secondary N) is 1. The van der Waals surface area contributed by atoms with Crippen molar-refractivity contribution in [1.82, 2.24) is 5.32 Å². The predicted molar refractivity (Wildman–Crippen MR) is 85.1 cm³/mol. The van der Waals surface area contributed by atoms with Crippen LogP contribution in [0.4, 0.5) is 0 Å². The van der Waals surface area contributed by atoms with Gasteiger partial charge in [-0.1, -0.05) is 26.0 Å². The highest BCUT2D eigenvalue weighted by Crippen LogP contribution is 2.19. The molecular formula is C17H25NO3. The Hall–Kier alpha value is -1.81. The van der Waals surface area contributed by atoms with Crippen molar-refractivity contribution >= 4 is 11.5 Å². The highest BCUT2D eigenvalue weighted by Gasteiger charge is 2.17. The maximum absolute atomic E-state index is 11.9. The van der Waals surface area contributed by atoms with Gasteiger partial charge in [0.25, 0.3) is 0 Å². The Morgan fingerprint density at radius 3 is 2.48 bits per heavy atom. The van der Waals surface area contributed by atoms with Gasteiger partial charge >= 0.3 is 0 Å². The highest BCUT2D eigenvalue weighted by molar-refractivity contribution is 5.94. The van der Waals surface area contributed by atoms with Crippen LogP contribution in [0.25, 0.3) is 5.57 Å². The molecule has 0 heterocycles. The lowest BCUT2D eigenvalue weighted by molar-refractivity contribution is -0.116. The van der Waals surface area contributed by atoms with Crippen LogP contribution in [0, 0.1) is 5.41 Å². The molecule has 2 N–H and O–H groups in total. The quantitative estimate of drug-likeness (QED) is 0.759. The van der Waals surface area contributed by atoms with Gasteiger partial charge in [0.1, 0.15) is 5.75 Å². The maximum Gasteiger partial charge on any atom is 0.244 e. The number of carbonyl (C=O) groups excluding carboxylic acids is 1. The fraction of sp³-hybridized carbons (Fsp3) is 0.471. The Labute approximate surface area is 126 Å². The van der Waals surface area contributed by atoms with Crippen molar-refractivity contribution in [3.8, 4) is 5.75 Å². The molecular weight excluding hydrogens is 266 g/mol. The largest absolute Gasteiger partial charge is 0.497 e. The molecule has 0 spiro atoms. The zero-order chi connectivity index (χ0) is 15.9. The van der Waals surface area contributed by atoms with Gasteiger partial charge in [0.05, 0.1) is 7.11 Å². The maximum atomic E-state index is 11.9. The third-order valence-electron chi connectivity index (χ3n) is 3.42. The molecule has 0 radical (unpaired) electrons. The minimum absolute atomic E-state index is 0.105. The van der Waals surface area contributed by atoms with Crippen molar-refractivity contribution in [2.45, 2.75) is 27.2 Å². The molecule has 0 aliphatic heterocycles. The fourth-order valence-corrected chi connectivity index (χ4v) is 1.90. The number of benzene rings is 1. The number of carbonyl (C=O) groups is 1. The van der Waals surface area contributed by atoms with Crippen LogP contribution in [-0.4, -0.2) is 31.3 Å². The summed E-state index contributed by atoms with van der Waals surface area (Å²) in [6, 6.07) is 7.59. The van der Waals surface area contributed by atoms with Crippen LogP contribution < -0.4 is 10.1 Å². The number of aliphatic hydroxyl groups excluding tert-OH is 1. The number of allylic oxidation sites excluding steroid dienone is 1. The molecule has 1 aromatic rings. The number of ether oxygens (including phenoxy) is 1. The summed E-state index contributed by atoms with van der Waals surface area (Å²) in [7, 11) is 1.62. The predicted octanol–water partition coefficient (Wildman–Crippen LogP) is 2.62. The summed E-state index contributed by atoms with van der Waals surface area (Å²) in [5, 5.41) is 11.8. The number of amides is 1. The molecule has 0 unspecified atom stereocenters. The molecule has 116 valence electrons. The van der Waals surface area contributed by atoms with E-state index >= 15 is 0 Å². The Morgan fingerprint density at radius 2 is 1.95 bits per heavy atom. The minimum Gasteiger partial charge on any atom is -0.497 e. The van der Waals surface area contributed by atoms with E-state index in [4.69, 9.17) is 9.84 Å². The Morgan fingerprint density at radius 1 is 1.33 bits per heavy atom. The summed E-state index contributed by atoms with van der Waals surface area (Å²) in [4.78, 5) is 11.9. The first-order chi connectivity index (χ1) is 9.88. The normalized spacial score (nSPS) is 12.1. The molecule has 0 fully saturated rings. The first kappa shape index (κ1) is 17.2. The molecule has 1 aromatic carbocycles. The first-order valence-electron chi connectivity index (χ1n) is 7.09. The van der Waals surface area contributed by atoms with Gasteiger partial charge in [0.2, 0.25) is 5.91 Å². The second kappa shape index (κ2) is 7.84. The lowest BCUT2D eigenvalue weighted by Gasteiger charge is -2.23. The molecule has 0 saturated carbocycles. The van der Waals surface area contributed by atoms with Gasteiger partial charge in [-0.05, 0) is 42.0 Å². The number of aliphatic hydroxyl groups is 1. The van der Waals surface area contributed by atoms with Crippen LogP contribution in [0.2, 0.25) is 0 Å². The van der Waals surface area contributed by atoms with Crippen LogP contribution in [0.1, 0.15) is 32.8 Å². The van der Waals surface area contributed by atoms with Gasteiger partial charge in [-0.25, -0.2) is 0 Å². The zero-order valence-electron chi connectivity index (χ0n) is 13.3. The standard InChI is InChI=1S/C17H25NO3/c1-13(14-5-7-15(21-4)8-6-14)11-16(20)18-12-17(2,3)9-10-19/h5-8,11,19H,9-10,12H2,1-4H3,(H,18,20)/b13-11+. The second-order valence-electron chi connectivity index (χ2n) is 5.91. The third kappa shape index (κ3) is 6.00. The lowest BCUT2D eigenvalue weighted by atomic mass is 9.90. The smallest absolute Gasteiger partial charge is 0.244 e. The second-order valence-corrected chi connectivity index (χ2v) is 5.91. The first-order valence-corrected chi connectivity index (χ1v) is 7.09. The van der Waals surface area contributed by atoms with E-state index in [2.05, 4.69) is 5.32 Å². The van der Waals surface area contributed by atoms with Crippen molar-refractivity contribution in [2.24, 2.45) is 5.41 Å². The molecule has 0 aromatic heterocycles. The molecule has 4 heteroatoms. The molecule has 4 nitrogen and oxygen atoms in total. The minimum atomic E-state index is -0.116. The summed E-state index contributed by atoms with van der Waals surface area (Å²) in [6.07, 6.45) is 2.26. The van der Waals surface area contributed by atoms with Gasteiger partial charge in [-0.15, -0.1) is 0 Å². The van der Waals surface area contributed by atoms with Gasteiger partial charge in [-0.2, -0.15) is 0 Å². The van der Waals surface area contributed by atoms with Crippen LogP contribution in [0.5, 0.6) is 5.75 Å². The average molecular weight is 291 g/mol. The van der Waals surface area contributed by atoms with Crippen LogP contribution in [0.15, 0.2) is 30.3 Å². The number of methoxy groups -OCH3 is 1. The van der Waals surface area contributed by atoms with Gasteiger partial charge in [0.15, 0.2) is 0 Å². The van der Waals surface area contributed by atoms with Crippen molar-refractivity contribution in [3.63, 3.8) is 0 Å². The summed E-state index contributed by atoms with van der Waals surface area (Å²) >= 11 is 0. The van der Waals surface area contributed by atoms with Crippen molar-refractivity contribution in [2.75, 3.05) is 20.3 Å². The van der Waals surface area contributed by atoms with Gasteiger partial charge in [-0.3, -0.25) is 4.79 Å². The molecule has 1 amide bonds.